The predicted molar refractivity (Wildman–Crippen MR) is 118 cm³/mol. The van der Waals surface area contributed by atoms with E-state index in [1.807, 2.05) is 29.2 Å². The zero-order chi connectivity index (χ0) is 20.7. The lowest BCUT2D eigenvalue weighted by Gasteiger charge is -2.36. The quantitative estimate of drug-likeness (QED) is 0.585. The molecule has 29 heavy (non-hydrogen) atoms. The van der Waals surface area contributed by atoms with Gasteiger partial charge in [-0.3, -0.25) is 13.9 Å². The molecular formula is C18H20ClN7O2S. The maximum absolute atomic E-state index is 12.4. The number of nitrogens with zero attached hydrogens (tertiary/aromatic N) is 5. The highest BCUT2D eigenvalue weighted by Crippen LogP contribution is 2.21. The van der Waals surface area contributed by atoms with Crippen LogP contribution in [-0.2, 0) is 14.1 Å². The summed E-state index contributed by atoms with van der Waals surface area (Å²) in [4.78, 5) is 36.1. The highest BCUT2D eigenvalue weighted by atomic mass is 35.5. The molecule has 0 bridgehead atoms. The second kappa shape index (κ2) is 7.53. The fourth-order valence-corrected chi connectivity index (χ4v) is 3.82. The van der Waals surface area contributed by atoms with Crippen molar-refractivity contribution in [1.29, 1.82) is 0 Å². The molecule has 0 amide bonds. The average Bonchev–Trinajstić information content (AvgIpc) is 3.18. The maximum Gasteiger partial charge on any atom is 0.332 e. The van der Waals surface area contributed by atoms with Gasteiger partial charge in [0.05, 0.1) is 10.7 Å². The summed E-state index contributed by atoms with van der Waals surface area (Å²) >= 11 is 11.7. The van der Waals surface area contributed by atoms with Crippen molar-refractivity contribution in [2.75, 3.05) is 36.4 Å². The summed E-state index contributed by atoms with van der Waals surface area (Å²) in [6, 6.07) is 7.45. The van der Waals surface area contributed by atoms with Gasteiger partial charge in [0.1, 0.15) is 0 Å². The number of aromatic amines is 1. The highest BCUT2D eigenvalue weighted by Gasteiger charge is 2.23. The van der Waals surface area contributed by atoms with Crippen LogP contribution >= 0.6 is 23.8 Å². The monoisotopic (exact) mass is 433 g/mol. The topological polar surface area (TPSA) is 91.2 Å². The van der Waals surface area contributed by atoms with Gasteiger partial charge >= 0.3 is 5.69 Å². The average molecular weight is 434 g/mol. The van der Waals surface area contributed by atoms with E-state index >= 15 is 0 Å². The molecule has 1 aliphatic heterocycles. The molecule has 3 aromatic rings. The zero-order valence-electron chi connectivity index (χ0n) is 16.0. The maximum atomic E-state index is 12.4. The Kier molecular flexibility index (Phi) is 5.05. The van der Waals surface area contributed by atoms with E-state index in [1.54, 1.807) is 7.05 Å². The van der Waals surface area contributed by atoms with Crippen LogP contribution in [0, 0.1) is 0 Å². The Bertz CT molecular complexity index is 1210. The summed E-state index contributed by atoms with van der Waals surface area (Å²) in [5, 5.41) is 4.41. The van der Waals surface area contributed by atoms with Gasteiger partial charge < -0.3 is 20.1 Å². The standard InChI is InChI=1S/C18H20ClN7O2S/c1-23-14-13(15(27)24(2)18(23)28)21-16(22-14)25-7-9-26(10-8-25)17(29)20-12-6-4-3-5-11(12)19/h3-6H,7-10H2,1-2H3,(H,20,29)(H,21,22). The van der Waals surface area contributed by atoms with Crippen LogP contribution in [0.25, 0.3) is 11.2 Å². The lowest BCUT2D eigenvalue weighted by molar-refractivity contribution is 0.388. The van der Waals surface area contributed by atoms with Gasteiger partial charge in [-0.05, 0) is 24.4 Å². The highest BCUT2D eigenvalue weighted by molar-refractivity contribution is 7.80. The Hall–Kier alpha value is -2.85. The molecule has 1 aliphatic rings. The summed E-state index contributed by atoms with van der Waals surface area (Å²) in [6.07, 6.45) is 0. The van der Waals surface area contributed by atoms with Crippen molar-refractivity contribution in [3.05, 3.63) is 50.1 Å². The van der Waals surface area contributed by atoms with Crippen LogP contribution in [-0.4, -0.2) is 55.3 Å². The fraction of sp³-hybridized carbons (Fsp3) is 0.333. The van der Waals surface area contributed by atoms with E-state index in [0.29, 0.717) is 53.4 Å². The Morgan fingerprint density at radius 3 is 2.52 bits per heavy atom. The molecule has 0 aliphatic carbocycles. The number of hydrogen-bond donors (Lipinski definition) is 2. The van der Waals surface area contributed by atoms with Crippen LogP contribution in [0.1, 0.15) is 0 Å². The number of H-pyrrole nitrogens is 1. The third-order valence-corrected chi connectivity index (χ3v) is 5.75. The Labute approximate surface area is 176 Å². The number of piperazine rings is 1. The fourth-order valence-electron chi connectivity index (χ4n) is 3.34. The van der Waals surface area contributed by atoms with Crippen LogP contribution in [0.5, 0.6) is 0 Å². The largest absolute Gasteiger partial charge is 0.345 e. The molecule has 0 unspecified atom stereocenters. The third kappa shape index (κ3) is 3.49. The van der Waals surface area contributed by atoms with E-state index in [4.69, 9.17) is 23.8 Å². The number of aromatic nitrogens is 4. The van der Waals surface area contributed by atoms with E-state index in [2.05, 4.69) is 20.2 Å². The number of hydrogen-bond acceptors (Lipinski definition) is 5. The summed E-state index contributed by atoms with van der Waals surface area (Å²) in [6.45, 7) is 2.70. The first-order valence-electron chi connectivity index (χ1n) is 9.08. The number of rotatable bonds is 2. The molecule has 152 valence electrons. The molecule has 2 aromatic heterocycles. The summed E-state index contributed by atoms with van der Waals surface area (Å²) < 4.78 is 2.44. The molecule has 11 heteroatoms. The van der Waals surface area contributed by atoms with Crippen molar-refractivity contribution in [3.63, 3.8) is 0 Å². The minimum absolute atomic E-state index is 0.322. The Balaban J connectivity index is 1.49. The van der Waals surface area contributed by atoms with Gasteiger partial charge in [0.25, 0.3) is 5.56 Å². The summed E-state index contributed by atoms with van der Waals surface area (Å²) in [5.41, 5.74) is 0.664. The molecule has 1 aromatic carbocycles. The Morgan fingerprint density at radius 2 is 1.83 bits per heavy atom. The number of nitrogens with one attached hydrogen (secondary N) is 2. The SMILES string of the molecule is Cn1c(=O)c2[nH]c(N3CCN(C(=S)Nc4ccccc4Cl)CC3)nc2n(C)c1=O. The minimum Gasteiger partial charge on any atom is -0.345 e. The number of anilines is 2. The smallest absolute Gasteiger partial charge is 0.332 e. The summed E-state index contributed by atoms with van der Waals surface area (Å²) in [5.74, 6) is 0.572. The van der Waals surface area contributed by atoms with Crippen molar-refractivity contribution in [2.45, 2.75) is 0 Å². The van der Waals surface area contributed by atoms with Crippen molar-refractivity contribution in [1.82, 2.24) is 24.0 Å². The lowest BCUT2D eigenvalue weighted by atomic mass is 10.3. The number of benzene rings is 1. The van der Waals surface area contributed by atoms with Crippen molar-refractivity contribution < 1.29 is 0 Å². The lowest BCUT2D eigenvalue weighted by Crippen LogP contribution is -2.50. The van der Waals surface area contributed by atoms with Crippen LogP contribution in [0.2, 0.25) is 5.02 Å². The van der Waals surface area contributed by atoms with Crippen LogP contribution in [0.15, 0.2) is 33.9 Å². The first-order valence-corrected chi connectivity index (χ1v) is 9.86. The van der Waals surface area contributed by atoms with Crippen molar-refractivity contribution in [2.24, 2.45) is 14.1 Å². The van der Waals surface area contributed by atoms with Crippen molar-refractivity contribution in [3.8, 4) is 0 Å². The molecular weight excluding hydrogens is 414 g/mol. The van der Waals surface area contributed by atoms with Crippen LogP contribution < -0.4 is 21.5 Å². The normalized spacial score (nSPS) is 14.4. The molecule has 2 N–H and O–H groups in total. The number of aryl methyl sites for hydroxylation is 1. The number of para-hydroxylation sites is 1. The van der Waals surface area contributed by atoms with Gasteiger partial charge in [0.15, 0.2) is 16.3 Å². The number of fused-ring (bicyclic) bond motifs is 1. The Morgan fingerprint density at radius 1 is 1.14 bits per heavy atom. The molecule has 0 spiro atoms. The van der Waals surface area contributed by atoms with Gasteiger partial charge in [-0.15, -0.1) is 0 Å². The molecule has 0 atom stereocenters. The second-order valence-electron chi connectivity index (χ2n) is 6.85. The third-order valence-electron chi connectivity index (χ3n) is 5.06. The molecule has 4 rings (SSSR count). The molecule has 9 nitrogen and oxygen atoms in total. The molecule has 0 saturated carbocycles. The van der Waals surface area contributed by atoms with E-state index in [0.717, 1.165) is 10.3 Å². The second-order valence-corrected chi connectivity index (χ2v) is 7.64. The van der Waals surface area contributed by atoms with E-state index in [-0.39, 0.29) is 5.56 Å². The number of thiocarbonyl (C=S) groups is 1. The number of halogens is 1. The van der Waals surface area contributed by atoms with Crippen LogP contribution in [0.3, 0.4) is 0 Å². The first kappa shape index (κ1) is 19.5. The molecule has 3 heterocycles. The molecule has 1 saturated heterocycles. The van der Waals surface area contributed by atoms with Gasteiger partial charge in [0, 0.05) is 40.3 Å². The van der Waals surface area contributed by atoms with Crippen molar-refractivity contribution >= 4 is 51.7 Å². The van der Waals surface area contributed by atoms with E-state index in [9.17, 15) is 9.59 Å². The van der Waals surface area contributed by atoms with Gasteiger partial charge in [-0.25, -0.2) is 4.79 Å². The number of imidazole rings is 1. The van der Waals surface area contributed by atoms with Gasteiger partial charge in [-0.1, -0.05) is 23.7 Å². The van der Waals surface area contributed by atoms with Gasteiger partial charge in [0.2, 0.25) is 5.95 Å². The van der Waals surface area contributed by atoms with E-state index < -0.39 is 5.69 Å². The first-order chi connectivity index (χ1) is 13.9. The van der Waals surface area contributed by atoms with Gasteiger partial charge in [-0.2, -0.15) is 4.98 Å². The molecule has 0 radical (unpaired) electrons. The zero-order valence-corrected chi connectivity index (χ0v) is 17.5. The summed E-state index contributed by atoms with van der Waals surface area (Å²) in [7, 11) is 3.06. The molecule has 1 fully saturated rings. The van der Waals surface area contributed by atoms with E-state index in [1.165, 1.54) is 11.6 Å². The van der Waals surface area contributed by atoms with Crippen LogP contribution in [0.4, 0.5) is 11.6 Å². The predicted octanol–water partition coefficient (Wildman–Crippen LogP) is 1.13. The minimum atomic E-state index is -0.402.